The molecule has 0 radical (unpaired) electrons. The Bertz CT molecular complexity index is 122. The van der Waals surface area contributed by atoms with E-state index >= 15 is 0 Å². The molecule has 0 heterocycles. The van der Waals surface area contributed by atoms with Gasteiger partial charge in [-0.15, -0.1) is 0 Å². The first-order valence-electron chi connectivity index (χ1n) is 8.79. The third-order valence-corrected chi connectivity index (χ3v) is 4.01. The van der Waals surface area contributed by atoms with E-state index in [1.54, 1.807) is 0 Å². The lowest BCUT2D eigenvalue weighted by Gasteiger charge is -2.18. The van der Waals surface area contributed by atoms with Crippen molar-refractivity contribution in [3.8, 4) is 0 Å². The summed E-state index contributed by atoms with van der Waals surface area (Å²) >= 11 is 0. The molecule has 1 heteroatoms. The second-order valence-corrected chi connectivity index (χ2v) is 5.68. The van der Waals surface area contributed by atoms with E-state index in [0.29, 0.717) is 0 Å². The van der Waals surface area contributed by atoms with Crippen LogP contribution in [-0.2, 0) is 0 Å². The summed E-state index contributed by atoms with van der Waals surface area (Å²) in [5, 5.41) is 7.00. The smallest absolute Gasteiger partial charge is 0.0319 e. The van der Waals surface area contributed by atoms with Crippen molar-refractivity contribution >= 4 is 0 Å². The van der Waals surface area contributed by atoms with E-state index in [2.05, 4.69) is 20.8 Å². The zero-order chi connectivity index (χ0) is 14.8. The van der Waals surface area contributed by atoms with E-state index < -0.39 is 0 Å². The van der Waals surface area contributed by atoms with Crippen LogP contribution in [0.4, 0.5) is 0 Å². The van der Waals surface area contributed by atoms with Crippen LogP contribution in [-0.4, -0.2) is 12.2 Å². The maximum absolute atomic E-state index is 7.00. The number of aliphatic hydroxyl groups is 1. The van der Waals surface area contributed by atoms with Crippen molar-refractivity contribution in [1.82, 2.24) is 0 Å². The number of hydrogen-bond acceptors (Lipinski definition) is 1. The number of hydrogen-bond donors (Lipinski definition) is 1. The van der Waals surface area contributed by atoms with Crippen molar-refractivity contribution in [1.29, 1.82) is 0 Å². The van der Waals surface area contributed by atoms with Crippen LogP contribution in [0.25, 0.3) is 0 Å². The summed E-state index contributed by atoms with van der Waals surface area (Å²) in [5.41, 5.74) is 0. The second-order valence-electron chi connectivity index (χ2n) is 5.68. The molecular formula is C18H40O. The van der Waals surface area contributed by atoms with E-state index in [4.69, 9.17) is 5.11 Å². The molecule has 0 saturated heterocycles. The standard InChI is InChI=1S/C9H20.C8H16.CH4O/c1-3-5-7-9-8-6-4-2;1-2-8-6-4-3-5-7-8;1-2/h3-9H2,1-2H3;8H,2-7H2,1H3;2H,1H3. The van der Waals surface area contributed by atoms with Gasteiger partial charge in [0.05, 0.1) is 0 Å². The molecule has 1 N–H and O–H groups in total. The highest BCUT2D eigenvalue weighted by Gasteiger charge is 2.09. The molecule has 1 rings (SSSR count). The largest absolute Gasteiger partial charge is 0.400 e. The fraction of sp³-hybridized carbons (Fsp3) is 1.00. The minimum atomic E-state index is 1.00. The lowest BCUT2D eigenvalue weighted by molar-refractivity contribution is 0.349. The van der Waals surface area contributed by atoms with Crippen LogP contribution >= 0.6 is 0 Å². The monoisotopic (exact) mass is 272 g/mol. The van der Waals surface area contributed by atoms with Gasteiger partial charge in [0.1, 0.15) is 0 Å². The molecule has 1 fully saturated rings. The summed E-state index contributed by atoms with van der Waals surface area (Å²) < 4.78 is 0. The van der Waals surface area contributed by atoms with Crippen molar-refractivity contribution in [3.05, 3.63) is 0 Å². The molecule has 0 aromatic carbocycles. The van der Waals surface area contributed by atoms with Crippen LogP contribution in [0, 0.1) is 5.92 Å². The topological polar surface area (TPSA) is 20.2 Å². The van der Waals surface area contributed by atoms with Gasteiger partial charge in [-0.25, -0.2) is 0 Å². The first-order valence-corrected chi connectivity index (χ1v) is 8.79. The molecule has 0 spiro atoms. The zero-order valence-electron chi connectivity index (χ0n) is 14.2. The summed E-state index contributed by atoms with van der Waals surface area (Å²) in [4.78, 5) is 0. The number of aliphatic hydroxyl groups excluding tert-OH is 1. The Kier molecular flexibility index (Phi) is 22.7. The van der Waals surface area contributed by atoms with Crippen LogP contribution in [0.5, 0.6) is 0 Å². The van der Waals surface area contributed by atoms with Gasteiger partial charge >= 0.3 is 0 Å². The maximum atomic E-state index is 7.00. The van der Waals surface area contributed by atoms with Gasteiger partial charge in [-0.05, 0) is 5.92 Å². The Morgan fingerprint density at radius 3 is 1.42 bits per heavy atom. The van der Waals surface area contributed by atoms with Crippen LogP contribution < -0.4 is 0 Å². The van der Waals surface area contributed by atoms with Crippen molar-refractivity contribution in [2.24, 2.45) is 5.92 Å². The highest BCUT2D eigenvalue weighted by Crippen LogP contribution is 2.25. The fourth-order valence-corrected chi connectivity index (χ4v) is 2.63. The van der Waals surface area contributed by atoms with Gasteiger partial charge in [0, 0.05) is 7.11 Å². The van der Waals surface area contributed by atoms with Gasteiger partial charge in [-0.1, -0.05) is 104 Å². The molecule has 19 heavy (non-hydrogen) atoms. The maximum Gasteiger partial charge on any atom is 0.0319 e. The average molecular weight is 273 g/mol. The summed E-state index contributed by atoms with van der Waals surface area (Å²) in [6.45, 7) is 6.84. The molecule has 1 nitrogen and oxygen atoms in total. The number of rotatable bonds is 7. The van der Waals surface area contributed by atoms with E-state index in [9.17, 15) is 0 Å². The zero-order valence-corrected chi connectivity index (χ0v) is 14.2. The van der Waals surface area contributed by atoms with Crippen molar-refractivity contribution in [2.45, 2.75) is 104 Å². The molecule has 0 aliphatic heterocycles. The fourth-order valence-electron chi connectivity index (χ4n) is 2.63. The average Bonchev–Trinajstić information content (AvgIpc) is 2.51. The third-order valence-electron chi connectivity index (χ3n) is 4.01. The van der Waals surface area contributed by atoms with Crippen LogP contribution in [0.15, 0.2) is 0 Å². The first-order chi connectivity index (χ1) is 9.35. The summed E-state index contributed by atoms with van der Waals surface area (Å²) in [7, 11) is 1.00. The van der Waals surface area contributed by atoms with Crippen LogP contribution in [0.2, 0.25) is 0 Å². The minimum absolute atomic E-state index is 1.00. The Hall–Kier alpha value is -0.0400. The van der Waals surface area contributed by atoms with Crippen molar-refractivity contribution < 1.29 is 5.11 Å². The molecule has 0 amide bonds. The third kappa shape index (κ3) is 18.0. The Morgan fingerprint density at radius 2 is 1.11 bits per heavy atom. The molecule has 1 aliphatic rings. The van der Waals surface area contributed by atoms with Crippen molar-refractivity contribution in [3.63, 3.8) is 0 Å². The summed E-state index contributed by atoms with van der Waals surface area (Å²) in [6.07, 6.45) is 18.9. The van der Waals surface area contributed by atoms with Gasteiger partial charge in [-0.2, -0.15) is 0 Å². The summed E-state index contributed by atoms with van der Waals surface area (Å²) in [6, 6.07) is 0. The summed E-state index contributed by atoms with van der Waals surface area (Å²) in [5.74, 6) is 1.09. The first kappa shape index (κ1) is 21.3. The molecule has 0 atom stereocenters. The molecular weight excluding hydrogens is 232 g/mol. The molecule has 1 saturated carbocycles. The van der Waals surface area contributed by atoms with Gasteiger partial charge in [-0.3, -0.25) is 0 Å². The molecule has 0 aromatic rings. The van der Waals surface area contributed by atoms with E-state index in [0.717, 1.165) is 13.0 Å². The van der Waals surface area contributed by atoms with E-state index in [-0.39, 0.29) is 0 Å². The SMILES string of the molecule is CCC1CCCCC1.CCCCCCCCC.CO. The molecule has 0 bridgehead atoms. The van der Waals surface area contributed by atoms with Crippen LogP contribution in [0.3, 0.4) is 0 Å². The lowest BCUT2D eigenvalue weighted by Crippen LogP contribution is -2.03. The van der Waals surface area contributed by atoms with E-state index in [1.807, 2.05) is 0 Å². The highest BCUT2D eigenvalue weighted by atomic mass is 16.2. The molecule has 0 unspecified atom stereocenters. The highest BCUT2D eigenvalue weighted by molar-refractivity contribution is 4.63. The predicted molar refractivity (Wildman–Crippen MR) is 88.7 cm³/mol. The van der Waals surface area contributed by atoms with Gasteiger partial charge in [0.25, 0.3) is 0 Å². The molecule has 118 valence electrons. The van der Waals surface area contributed by atoms with Crippen LogP contribution in [0.1, 0.15) is 104 Å². The second kappa shape index (κ2) is 20.3. The van der Waals surface area contributed by atoms with Crippen molar-refractivity contribution in [2.75, 3.05) is 7.11 Å². The Balaban J connectivity index is 0. The molecule has 1 aliphatic carbocycles. The quantitative estimate of drug-likeness (QED) is 0.536. The predicted octanol–water partition coefficient (Wildman–Crippen LogP) is 6.34. The lowest BCUT2D eigenvalue weighted by atomic mass is 9.88. The minimum Gasteiger partial charge on any atom is -0.400 e. The normalized spacial score (nSPS) is 15.0. The Morgan fingerprint density at radius 1 is 0.684 bits per heavy atom. The Labute approximate surface area is 123 Å². The number of unbranched alkanes of at least 4 members (excludes halogenated alkanes) is 6. The van der Waals surface area contributed by atoms with E-state index in [1.165, 1.54) is 83.5 Å². The van der Waals surface area contributed by atoms with Gasteiger partial charge in [0.2, 0.25) is 0 Å². The van der Waals surface area contributed by atoms with Gasteiger partial charge in [0.15, 0.2) is 0 Å². The van der Waals surface area contributed by atoms with Gasteiger partial charge < -0.3 is 5.11 Å². The molecule has 0 aromatic heterocycles.